The Bertz CT molecular complexity index is 393. The van der Waals surface area contributed by atoms with Crippen LogP contribution < -0.4 is 0 Å². The third-order valence-corrected chi connectivity index (χ3v) is 3.83. The van der Waals surface area contributed by atoms with E-state index in [0.717, 1.165) is 0 Å². The molecule has 0 aromatic heterocycles. The molecule has 0 aliphatic rings. The lowest BCUT2D eigenvalue weighted by molar-refractivity contribution is 0.735. The maximum absolute atomic E-state index is 2.33. The van der Waals surface area contributed by atoms with Gasteiger partial charge in [-0.05, 0) is 67.5 Å². The molecule has 1 heteroatoms. The van der Waals surface area contributed by atoms with Crippen LogP contribution in [-0.4, -0.2) is 6.26 Å². The van der Waals surface area contributed by atoms with Crippen LogP contribution in [-0.2, 0) is 0 Å². The van der Waals surface area contributed by atoms with Gasteiger partial charge in [0, 0.05) is 0 Å². The van der Waals surface area contributed by atoms with Crippen molar-refractivity contribution in [2.45, 2.75) is 53.4 Å². The molecule has 18 heavy (non-hydrogen) atoms. The van der Waals surface area contributed by atoms with Gasteiger partial charge in [0.25, 0.3) is 0 Å². The predicted octanol–water partition coefficient (Wildman–Crippen LogP) is 5.90. The number of thioether (sulfide) groups is 1. The van der Waals surface area contributed by atoms with Gasteiger partial charge in [0.2, 0.25) is 0 Å². The largest absolute Gasteiger partial charge is 0.137 e. The second kappa shape index (κ2) is 7.68. The molecule has 0 N–H and O–H groups in total. The molecule has 0 unspecified atom stereocenters. The maximum atomic E-state index is 2.33. The molecule has 0 saturated heterocycles. The Balaban J connectivity index is 3.03. The van der Waals surface area contributed by atoms with Crippen LogP contribution in [0.5, 0.6) is 0 Å². The second-order valence-corrected chi connectivity index (χ2v) is 5.82. The van der Waals surface area contributed by atoms with Gasteiger partial charge >= 0.3 is 0 Å². The van der Waals surface area contributed by atoms with Crippen molar-refractivity contribution in [2.24, 2.45) is 0 Å². The fourth-order valence-corrected chi connectivity index (χ4v) is 3.16. The summed E-state index contributed by atoms with van der Waals surface area (Å²) in [4.78, 5) is 0. The molecule has 0 aliphatic carbocycles. The zero-order valence-corrected chi connectivity index (χ0v) is 13.3. The summed E-state index contributed by atoms with van der Waals surface area (Å²) in [6.45, 7) is 8.92. The van der Waals surface area contributed by atoms with Gasteiger partial charge < -0.3 is 0 Å². The monoisotopic (exact) mass is 262 g/mol. The lowest BCUT2D eigenvalue weighted by Crippen LogP contribution is -1.95. The molecule has 0 aliphatic heterocycles. The molecule has 0 fully saturated rings. The fourth-order valence-electron chi connectivity index (χ4n) is 2.64. The number of rotatable bonds is 6. The van der Waals surface area contributed by atoms with Gasteiger partial charge in [-0.25, -0.2) is 0 Å². The summed E-state index contributed by atoms with van der Waals surface area (Å²) in [7, 11) is 0. The van der Waals surface area contributed by atoms with Gasteiger partial charge in [0.1, 0.15) is 0 Å². The van der Waals surface area contributed by atoms with Crippen molar-refractivity contribution in [3.63, 3.8) is 0 Å². The molecule has 0 amide bonds. The fraction of sp³-hybridized carbons (Fsp3) is 0.529. The van der Waals surface area contributed by atoms with E-state index in [1.165, 1.54) is 53.5 Å². The van der Waals surface area contributed by atoms with E-state index >= 15 is 0 Å². The SMILES string of the molecule is CCCCC/C(=C/SC)c1c(C)cc(C)cc1C. The quantitative estimate of drug-likeness (QED) is 0.575. The second-order valence-electron chi connectivity index (χ2n) is 5.11. The van der Waals surface area contributed by atoms with Crippen molar-refractivity contribution in [1.29, 1.82) is 0 Å². The highest BCUT2D eigenvalue weighted by molar-refractivity contribution is 8.01. The first kappa shape index (κ1) is 15.4. The van der Waals surface area contributed by atoms with Gasteiger partial charge in [0.05, 0.1) is 0 Å². The summed E-state index contributed by atoms with van der Waals surface area (Å²) >= 11 is 1.82. The first-order valence-electron chi connectivity index (χ1n) is 6.90. The van der Waals surface area contributed by atoms with Crippen LogP contribution in [0.3, 0.4) is 0 Å². The van der Waals surface area contributed by atoms with E-state index in [1.54, 1.807) is 0 Å². The minimum atomic E-state index is 1.21. The topological polar surface area (TPSA) is 0 Å². The summed E-state index contributed by atoms with van der Waals surface area (Å²) in [6, 6.07) is 4.60. The van der Waals surface area contributed by atoms with Crippen LogP contribution in [0, 0.1) is 20.8 Å². The van der Waals surface area contributed by atoms with E-state index in [1.807, 2.05) is 11.8 Å². The van der Waals surface area contributed by atoms with E-state index in [-0.39, 0.29) is 0 Å². The lowest BCUT2D eigenvalue weighted by Gasteiger charge is -2.15. The average Bonchev–Trinajstić information content (AvgIpc) is 2.28. The summed E-state index contributed by atoms with van der Waals surface area (Å²) in [5, 5.41) is 2.33. The first-order chi connectivity index (χ1) is 8.60. The molecular formula is C17H26S. The Kier molecular flexibility index (Phi) is 6.56. The van der Waals surface area contributed by atoms with Gasteiger partial charge in [-0.3, -0.25) is 0 Å². The Morgan fingerprint density at radius 3 is 2.22 bits per heavy atom. The molecule has 0 bridgehead atoms. The molecular weight excluding hydrogens is 236 g/mol. The average molecular weight is 262 g/mol. The van der Waals surface area contributed by atoms with Crippen LogP contribution >= 0.6 is 11.8 Å². The van der Waals surface area contributed by atoms with Crippen LogP contribution in [0.2, 0.25) is 0 Å². The number of allylic oxidation sites excluding steroid dienone is 1. The molecule has 100 valence electrons. The summed E-state index contributed by atoms with van der Waals surface area (Å²) in [5.74, 6) is 0. The first-order valence-corrected chi connectivity index (χ1v) is 8.19. The molecule has 0 spiro atoms. The summed E-state index contributed by atoms with van der Waals surface area (Å²) in [6.07, 6.45) is 7.28. The minimum Gasteiger partial charge on any atom is -0.137 e. The molecule has 0 heterocycles. The number of hydrogen-bond acceptors (Lipinski definition) is 1. The Morgan fingerprint density at radius 2 is 1.72 bits per heavy atom. The number of unbranched alkanes of at least 4 members (excludes halogenated alkanes) is 2. The van der Waals surface area contributed by atoms with Gasteiger partial charge in [-0.1, -0.05) is 37.5 Å². The van der Waals surface area contributed by atoms with Gasteiger partial charge in [-0.2, -0.15) is 0 Å². The highest BCUT2D eigenvalue weighted by atomic mass is 32.2. The van der Waals surface area contributed by atoms with Crippen LogP contribution in [0.4, 0.5) is 0 Å². The molecule has 0 saturated carbocycles. The smallest absolute Gasteiger partial charge is 0.0142 e. The predicted molar refractivity (Wildman–Crippen MR) is 86.3 cm³/mol. The van der Waals surface area contributed by atoms with Crippen molar-refractivity contribution >= 4 is 17.3 Å². The van der Waals surface area contributed by atoms with Crippen molar-refractivity contribution < 1.29 is 0 Å². The normalized spacial score (nSPS) is 11.9. The standard InChI is InChI=1S/C17H26S/c1-6-7-8-9-16(12-18-5)17-14(3)10-13(2)11-15(17)4/h10-12H,6-9H2,1-5H3/b16-12-. The van der Waals surface area contributed by atoms with Crippen LogP contribution in [0.1, 0.15) is 54.9 Å². The molecule has 0 radical (unpaired) electrons. The van der Waals surface area contributed by atoms with Gasteiger partial charge in [-0.15, -0.1) is 11.8 Å². The minimum absolute atomic E-state index is 1.21. The van der Waals surface area contributed by atoms with E-state index in [2.05, 4.69) is 51.5 Å². The van der Waals surface area contributed by atoms with E-state index in [4.69, 9.17) is 0 Å². The molecule has 1 rings (SSSR count). The van der Waals surface area contributed by atoms with E-state index in [9.17, 15) is 0 Å². The Labute approximate surface area is 117 Å². The molecule has 1 aromatic rings. The van der Waals surface area contributed by atoms with E-state index in [0.29, 0.717) is 0 Å². The number of aryl methyl sites for hydroxylation is 3. The molecule has 0 nitrogen and oxygen atoms in total. The zero-order valence-electron chi connectivity index (χ0n) is 12.5. The lowest BCUT2D eigenvalue weighted by atomic mass is 9.92. The summed E-state index contributed by atoms with van der Waals surface area (Å²) in [5.41, 5.74) is 7.21. The highest BCUT2D eigenvalue weighted by Crippen LogP contribution is 2.30. The molecule has 1 aromatic carbocycles. The number of hydrogen-bond donors (Lipinski definition) is 0. The van der Waals surface area contributed by atoms with E-state index < -0.39 is 0 Å². The van der Waals surface area contributed by atoms with Crippen LogP contribution in [0.15, 0.2) is 17.5 Å². The molecule has 0 atom stereocenters. The van der Waals surface area contributed by atoms with Crippen molar-refractivity contribution in [1.82, 2.24) is 0 Å². The third-order valence-electron chi connectivity index (χ3n) is 3.31. The van der Waals surface area contributed by atoms with Crippen LogP contribution in [0.25, 0.3) is 5.57 Å². The Hall–Kier alpha value is -0.690. The van der Waals surface area contributed by atoms with Crippen molar-refractivity contribution in [3.8, 4) is 0 Å². The van der Waals surface area contributed by atoms with Crippen molar-refractivity contribution in [3.05, 3.63) is 39.8 Å². The Morgan fingerprint density at radius 1 is 1.11 bits per heavy atom. The van der Waals surface area contributed by atoms with Crippen molar-refractivity contribution in [2.75, 3.05) is 6.26 Å². The van der Waals surface area contributed by atoms with Gasteiger partial charge in [0.15, 0.2) is 0 Å². The zero-order chi connectivity index (χ0) is 13.5. The number of benzene rings is 1. The maximum Gasteiger partial charge on any atom is -0.0142 e. The summed E-state index contributed by atoms with van der Waals surface area (Å²) < 4.78 is 0. The third kappa shape index (κ3) is 4.20. The highest BCUT2D eigenvalue weighted by Gasteiger charge is 2.09.